The zero-order valence-corrected chi connectivity index (χ0v) is 19.1. The SMILES string of the molecule is CCNC(=NCC(CC(C)C)N1CCOCC1)N1CCN(C(=O)C2CCCO2)CC1. The van der Waals surface area contributed by atoms with E-state index in [1.807, 2.05) is 4.90 Å². The fourth-order valence-corrected chi connectivity index (χ4v) is 4.56. The summed E-state index contributed by atoms with van der Waals surface area (Å²) in [5.74, 6) is 1.78. The van der Waals surface area contributed by atoms with Gasteiger partial charge in [-0.05, 0) is 32.1 Å². The van der Waals surface area contributed by atoms with E-state index in [2.05, 4.69) is 35.9 Å². The third kappa shape index (κ3) is 6.56. The standard InChI is InChI=1S/C22H41N5O3/c1-4-23-22(24-17-19(16-18(2)3)25-11-14-29-15-12-25)27-9-7-26(8-10-27)21(28)20-6-5-13-30-20/h18-20H,4-17H2,1-3H3,(H,23,24). The maximum absolute atomic E-state index is 12.6. The van der Waals surface area contributed by atoms with Crippen molar-refractivity contribution < 1.29 is 14.3 Å². The Morgan fingerprint density at radius 2 is 1.77 bits per heavy atom. The smallest absolute Gasteiger partial charge is 0.251 e. The zero-order valence-electron chi connectivity index (χ0n) is 19.1. The number of hydrogen-bond donors (Lipinski definition) is 1. The molecule has 8 nitrogen and oxygen atoms in total. The second-order valence-electron chi connectivity index (χ2n) is 8.94. The summed E-state index contributed by atoms with van der Waals surface area (Å²) in [6, 6.07) is 0.449. The highest BCUT2D eigenvalue weighted by atomic mass is 16.5. The molecule has 3 rings (SSSR count). The molecule has 172 valence electrons. The average Bonchev–Trinajstić information content (AvgIpc) is 3.30. The van der Waals surface area contributed by atoms with E-state index < -0.39 is 0 Å². The number of carbonyl (C=O) groups is 1. The van der Waals surface area contributed by atoms with E-state index in [1.165, 1.54) is 0 Å². The summed E-state index contributed by atoms with van der Waals surface area (Å²) in [6.45, 7) is 15.8. The van der Waals surface area contributed by atoms with Crippen LogP contribution in [0, 0.1) is 5.92 Å². The molecule has 2 atom stereocenters. The van der Waals surface area contributed by atoms with Gasteiger partial charge in [-0.1, -0.05) is 13.8 Å². The van der Waals surface area contributed by atoms with Crippen LogP contribution in [-0.4, -0.2) is 111 Å². The van der Waals surface area contributed by atoms with Crippen molar-refractivity contribution in [3.05, 3.63) is 0 Å². The van der Waals surface area contributed by atoms with E-state index in [1.54, 1.807) is 0 Å². The molecule has 0 saturated carbocycles. The number of ether oxygens (including phenoxy) is 2. The van der Waals surface area contributed by atoms with E-state index in [0.29, 0.717) is 18.6 Å². The molecule has 1 N–H and O–H groups in total. The van der Waals surface area contributed by atoms with Gasteiger partial charge in [0.05, 0.1) is 19.8 Å². The molecular formula is C22H41N5O3. The molecule has 1 amide bonds. The second-order valence-corrected chi connectivity index (χ2v) is 8.94. The summed E-state index contributed by atoms with van der Waals surface area (Å²) < 4.78 is 11.1. The monoisotopic (exact) mass is 423 g/mol. The van der Waals surface area contributed by atoms with Crippen molar-refractivity contribution in [3.8, 4) is 0 Å². The third-order valence-electron chi connectivity index (χ3n) is 6.19. The van der Waals surface area contributed by atoms with Gasteiger partial charge >= 0.3 is 0 Å². The fraction of sp³-hybridized carbons (Fsp3) is 0.909. The quantitative estimate of drug-likeness (QED) is 0.487. The molecule has 3 heterocycles. The average molecular weight is 424 g/mol. The van der Waals surface area contributed by atoms with Gasteiger partial charge in [0, 0.05) is 58.5 Å². The third-order valence-corrected chi connectivity index (χ3v) is 6.19. The Labute approximate surface area is 181 Å². The van der Waals surface area contributed by atoms with E-state index in [9.17, 15) is 4.79 Å². The minimum absolute atomic E-state index is 0.165. The number of nitrogens with one attached hydrogen (secondary N) is 1. The van der Waals surface area contributed by atoms with Crippen LogP contribution >= 0.6 is 0 Å². The van der Waals surface area contributed by atoms with Gasteiger partial charge in [0.2, 0.25) is 0 Å². The van der Waals surface area contributed by atoms with Gasteiger partial charge in [-0.2, -0.15) is 0 Å². The number of amides is 1. The van der Waals surface area contributed by atoms with Crippen molar-refractivity contribution in [2.45, 2.75) is 52.2 Å². The number of aliphatic imine (C=N–C) groups is 1. The fourth-order valence-electron chi connectivity index (χ4n) is 4.56. The summed E-state index contributed by atoms with van der Waals surface area (Å²) >= 11 is 0. The lowest BCUT2D eigenvalue weighted by molar-refractivity contribution is -0.142. The number of morpholine rings is 1. The van der Waals surface area contributed by atoms with Gasteiger partial charge in [-0.25, -0.2) is 0 Å². The first kappa shape index (κ1) is 23.3. The van der Waals surface area contributed by atoms with Gasteiger partial charge in [0.15, 0.2) is 5.96 Å². The molecule has 0 radical (unpaired) electrons. The van der Waals surface area contributed by atoms with Gasteiger partial charge in [-0.3, -0.25) is 14.7 Å². The Morgan fingerprint density at radius 1 is 1.07 bits per heavy atom. The molecule has 0 aromatic carbocycles. The molecule has 30 heavy (non-hydrogen) atoms. The zero-order chi connectivity index (χ0) is 21.3. The number of rotatable bonds is 7. The maximum atomic E-state index is 12.6. The summed E-state index contributed by atoms with van der Waals surface area (Å²) in [4.78, 5) is 24.5. The van der Waals surface area contributed by atoms with Crippen molar-refractivity contribution in [2.24, 2.45) is 10.9 Å². The lowest BCUT2D eigenvalue weighted by Crippen LogP contribution is -2.55. The Morgan fingerprint density at radius 3 is 2.37 bits per heavy atom. The molecule has 2 unspecified atom stereocenters. The molecule has 8 heteroatoms. The van der Waals surface area contributed by atoms with Gasteiger partial charge < -0.3 is 24.6 Å². The molecule has 0 aromatic heterocycles. The highest BCUT2D eigenvalue weighted by Gasteiger charge is 2.31. The molecule has 3 saturated heterocycles. The number of hydrogen-bond acceptors (Lipinski definition) is 5. The van der Waals surface area contributed by atoms with E-state index in [-0.39, 0.29) is 12.0 Å². The van der Waals surface area contributed by atoms with Crippen LogP contribution in [0.5, 0.6) is 0 Å². The lowest BCUT2D eigenvalue weighted by atomic mass is 10.0. The van der Waals surface area contributed by atoms with Gasteiger partial charge in [0.1, 0.15) is 6.10 Å². The Hall–Kier alpha value is -1.38. The number of guanidine groups is 1. The summed E-state index contributed by atoms with van der Waals surface area (Å²) in [5, 5.41) is 3.47. The maximum Gasteiger partial charge on any atom is 0.251 e. The first-order valence-electron chi connectivity index (χ1n) is 11.8. The molecule has 0 bridgehead atoms. The van der Waals surface area contributed by atoms with Crippen LogP contribution in [0.2, 0.25) is 0 Å². The first-order valence-corrected chi connectivity index (χ1v) is 11.8. The number of piperazine rings is 1. The van der Waals surface area contributed by atoms with Crippen LogP contribution in [0.15, 0.2) is 4.99 Å². The van der Waals surface area contributed by atoms with E-state index >= 15 is 0 Å². The van der Waals surface area contributed by atoms with Crippen LogP contribution < -0.4 is 5.32 Å². The van der Waals surface area contributed by atoms with Crippen molar-refractivity contribution in [1.82, 2.24) is 20.0 Å². The largest absolute Gasteiger partial charge is 0.379 e. The highest BCUT2D eigenvalue weighted by molar-refractivity contribution is 5.82. The first-order chi connectivity index (χ1) is 14.6. The predicted molar refractivity (Wildman–Crippen MR) is 119 cm³/mol. The summed E-state index contributed by atoms with van der Waals surface area (Å²) in [5.41, 5.74) is 0. The molecule has 0 aliphatic carbocycles. The molecule has 3 aliphatic heterocycles. The Bertz CT molecular complexity index is 551. The van der Waals surface area contributed by atoms with E-state index in [4.69, 9.17) is 14.5 Å². The van der Waals surface area contributed by atoms with Crippen molar-refractivity contribution >= 4 is 11.9 Å². The highest BCUT2D eigenvalue weighted by Crippen LogP contribution is 2.17. The predicted octanol–water partition coefficient (Wildman–Crippen LogP) is 1.02. The topological polar surface area (TPSA) is 69.6 Å². The summed E-state index contributed by atoms with van der Waals surface area (Å²) in [7, 11) is 0. The molecule has 0 spiro atoms. The van der Waals surface area contributed by atoms with Crippen LogP contribution in [-0.2, 0) is 14.3 Å². The second kappa shape index (κ2) is 11.9. The van der Waals surface area contributed by atoms with Crippen LogP contribution in [0.4, 0.5) is 0 Å². The van der Waals surface area contributed by atoms with Crippen molar-refractivity contribution in [3.63, 3.8) is 0 Å². The summed E-state index contributed by atoms with van der Waals surface area (Å²) in [6.07, 6.45) is 2.78. The Kier molecular flexibility index (Phi) is 9.21. The molecular weight excluding hydrogens is 382 g/mol. The molecule has 0 aromatic rings. The normalized spacial score (nSPS) is 25.1. The van der Waals surface area contributed by atoms with E-state index in [0.717, 1.165) is 90.8 Å². The van der Waals surface area contributed by atoms with Crippen LogP contribution in [0.3, 0.4) is 0 Å². The van der Waals surface area contributed by atoms with Gasteiger partial charge in [0.25, 0.3) is 5.91 Å². The lowest BCUT2D eigenvalue weighted by Gasteiger charge is -2.38. The Balaban J connectivity index is 1.57. The number of nitrogens with zero attached hydrogens (tertiary/aromatic N) is 4. The molecule has 3 aliphatic rings. The van der Waals surface area contributed by atoms with Crippen LogP contribution in [0.25, 0.3) is 0 Å². The minimum atomic E-state index is -0.219. The minimum Gasteiger partial charge on any atom is -0.379 e. The number of carbonyl (C=O) groups excluding carboxylic acids is 1. The van der Waals surface area contributed by atoms with Crippen molar-refractivity contribution in [1.29, 1.82) is 0 Å². The van der Waals surface area contributed by atoms with Gasteiger partial charge in [-0.15, -0.1) is 0 Å². The van der Waals surface area contributed by atoms with Crippen molar-refractivity contribution in [2.75, 3.05) is 72.2 Å². The van der Waals surface area contributed by atoms with Crippen LogP contribution in [0.1, 0.15) is 40.0 Å². The molecule has 3 fully saturated rings.